The number of carbonyl (C=O) groups excluding carboxylic acids is 1. The van der Waals surface area contributed by atoms with Crippen LogP contribution in [0.1, 0.15) is 11.3 Å². The van der Waals surface area contributed by atoms with Gasteiger partial charge in [0.1, 0.15) is 5.75 Å². The minimum atomic E-state index is -0.0501. The van der Waals surface area contributed by atoms with Crippen LogP contribution < -0.4 is 4.74 Å². The van der Waals surface area contributed by atoms with Crippen LogP contribution in [0, 0.1) is 5.92 Å². The van der Waals surface area contributed by atoms with Gasteiger partial charge in [-0.25, -0.2) is 4.98 Å². The van der Waals surface area contributed by atoms with E-state index in [4.69, 9.17) is 4.74 Å². The number of ether oxygens (including phenoxy) is 1. The van der Waals surface area contributed by atoms with E-state index in [1.807, 2.05) is 0 Å². The zero-order valence-corrected chi connectivity index (χ0v) is 14.1. The lowest BCUT2D eigenvalue weighted by Crippen LogP contribution is -2.51. The number of nitrogens with zero attached hydrogens (tertiary/aromatic N) is 4. The van der Waals surface area contributed by atoms with Crippen LogP contribution in [-0.2, 0) is 11.3 Å². The first-order valence-electron chi connectivity index (χ1n) is 8.38. The summed E-state index contributed by atoms with van der Waals surface area (Å²) >= 11 is 0. The van der Waals surface area contributed by atoms with Crippen LogP contribution in [0.2, 0.25) is 0 Å². The molecule has 1 N–H and O–H groups in total. The van der Waals surface area contributed by atoms with Gasteiger partial charge in [-0.1, -0.05) is 6.58 Å². The van der Waals surface area contributed by atoms with Crippen LogP contribution >= 0.6 is 0 Å². The number of aromatic hydroxyl groups is 1. The van der Waals surface area contributed by atoms with Gasteiger partial charge in [-0.05, 0) is 30.3 Å². The lowest BCUT2D eigenvalue weighted by atomic mass is 10.0. The summed E-state index contributed by atoms with van der Waals surface area (Å²) in [5, 5.41) is 9.45. The van der Waals surface area contributed by atoms with Gasteiger partial charge in [-0.2, -0.15) is 4.98 Å². The molecule has 0 unspecified atom stereocenters. The summed E-state index contributed by atoms with van der Waals surface area (Å²) in [7, 11) is 0. The quantitative estimate of drug-likeness (QED) is 0.831. The molecule has 26 heavy (non-hydrogen) atoms. The summed E-state index contributed by atoms with van der Waals surface area (Å²) in [6.07, 6.45) is 3.06. The minimum Gasteiger partial charge on any atom is -0.508 e. The van der Waals surface area contributed by atoms with Crippen LogP contribution in [-0.4, -0.2) is 51.8 Å². The van der Waals surface area contributed by atoms with Gasteiger partial charge in [0.2, 0.25) is 11.8 Å². The van der Waals surface area contributed by atoms with E-state index in [-0.39, 0.29) is 17.6 Å². The number of fused-ring (bicyclic) bond motifs is 1. The van der Waals surface area contributed by atoms with Gasteiger partial charge in [0.15, 0.2) is 5.82 Å². The van der Waals surface area contributed by atoms with Crippen molar-refractivity contribution < 1.29 is 14.6 Å². The summed E-state index contributed by atoms with van der Waals surface area (Å²) in [5.41, 5.74) is 2.44. The molecule has 132 valence electrons. The molecule has 0 spiro atoms. The number of rotatable bonds is 5. The number of aliphatic imine (C=N–C) groups is 1. The molecule has 2 aliphatic rings. The van der Waals surface area contributed by atoms with Crippen molar-refractivity contribution >= 4 is 12.1 Å². The topological polar surface area (TPSA) is 87.9 Å². The highest BCUT2D eigenvalue weighted by Gasteiger charge is 2.30. The molecule has 7 nitrogen and oxygen atoms in total. The van der Waals surface area contributed by atoms with Crippen LogP contribution in [0.5, 0.6) is 11.6 Å². The number of amides is 1. The molecule has 7 heteroatoms. The SMILES string of the molecule is C=CC(=O)N1CC(COc2nc(-c3ccc(O)cc3)nc3c2C=NC3)C1. The van der Waals surface area contributed by atoms with Gasteiger partial charge in [0.25, 0.3) is 0 Å². The van der Waals surface area contributed by atoms with Crippen molar-refractivity contribution in [3.05, 3.63) is 48.2 Å². The molecule has 2 aliphatic heterocycles. The standard InChI is InChI=1S/C19H18N4O3/c1-2-17(25)23-9-12(10-23)11-26-19-15-7-20-8-16(15)21-18(22-19)13-3-5-14(24)6-4-13/h2-7,12,24H,1,8-11H2. The number of benzene rings is 1. The Hall–Kier alpha value is -3.22. The van der Waals surface area contributed by atoms with Crippen molar-refractivity contribution in [2.24, 2.45) is 10.9 Å². The molecule has 4 rings (SSSR count). The normalized spacial score (nSPS) is 15.5. The van der Waals surface area contributed by atoms with Gasteiger partial charge in [-0.15, -0.1) is 0 Å². The van der Waals surface area contributed by atoms with Gasteiger partial charge < -0.3 is 14.7 Å². The zero-order valence-electron chi connectivity index (χ0n) is 14.1. The molecule has 0 bridgehead atoms. The Bertz CT molecular complexity index is 886. The average Bonchev–Trinajstić information content (AvgIpc) is 3.09. The first kappa shape index (κ1) is 16.3. The fraction of sp³-hybridized carbons (Fsp3) is 0.263. The number of phenols is 1. The third-order valence-corrected chi connectivity index (χ3v) is 4.48. The predicted octanol–water partition coefficient (Wildman–Crippen LogP) is 1.80. The second kappa shape index (κ2) is 6.59. The van der Waals surface area contributed by atoms with E-state index >= 15 is 0 Å². The fourth-order valence-electron chi connectivity index (χ4n) is 3.00. The van der Waals surface area contributed by atoms with Gasteiger partial charge in [-0.3, -0.25) is 9.79 Å². The molecule has 1 fully saturated rings. The molecule has 0 saturated carbocycles. The molecule has 1 aromatic carbocycles. The summed E-state index contributed by atoms with van der Waals surface area (Å²) < 4.78 is 5.94. The Balaban J connectivity index is 1.50. The zero-order chi connectivity index (χ0) is 18.1. The van der Waals surface area contributed by atoms with Crippen molar-refractivity contribution in [3.63, 3.8) is 0 Å². The minimum absolute atomic E-state index is 0.0501. The Morgan fingerprint density at radius 2 is 2.08 bits per heavy atom. The molecule has 1 amide bonds. The maximum absolute atomic E-state index is 11.5. The monoisotopic (exact) mass is 350 g/mol. The van der Waals surface area contributed by atoms with Gasteiger partial charge >= 0.3 is 0 Å². The number of hydrogen-bond donors (Lipinski definition) is 1. The largest absolute Gasteiger partial charge is 0.508 e. The Kier molecular flexibility index (Phi) is 4.12. The molecule has 0 aliphatic carbocycles. The van der Waals surface area contributed by atoms with Crippen LogP contribution in [0.15, 0.2) is 41.9 Å². The van der Waals surface area contributed by atoms with Crippen LogP contribution in [0.4, 0.5) is 0 Å². The second-order valence-corrected chi connectivity index (χ2v) is 6.35. The van der Waals surface area contributed by atoms with E-state index in [1.165, 1.54) is 6.08 Å². The Morgan fingerprint density at radius 1 is 1.31 bits per heavy atom. The van der Waals surface area contributed by atoms with E-state index < -0.39 is 0 Å². The number of aromatic nitrogens is 2. The molecular formula is C19H18N4O3. The lowest BCUT2D eigenvalue weighted by molar-refractivity contribution is -0.132. The summed E-state index contributed by atoms with van der Waals surface area (Å²) in [6.45, 7) is 5.81. The molecule has 0 radical (unpaired) electrons. The Morgan fingerprint density at radius 3 is 2.81 bits per heavy atom. The van der Waals surface area contributed by atoms with Crippen LogP contribution in [0.3, 0.4) is 0 Å². The lowest BCUT2D eigenvalue weighted by Gasteiger charge is -2.38. The highest BCUT2D eigenvalue weighted by atomic mass is 16.5. The van der Waals surface area contributed by atoms with E-state index in [1.54, 1.807) is 35.4 Å². The number of likely N-dealkylation sites (tertiary alicyclic amines) is 1. The van der Waals surface area contributed by atoms with E-state index in [9.17, 15) is 9.90 Å². The first-order chi connectivity index (χ1) is 12.6. The van der Waals surface area contributed by atoms with Crippen molar-refractivity contribution in [3.8, 4) is 23.0 Å². The van der Waals surface area contributed by atoms with Crippen molar-refractivity contribution in [1.29, 1.82) is 0 Å². The smallest absolute Gasteiger partial charge is 0.245 e. The molecule has 1 saturated heterocycles. The van der Waals surface area contributed by atoms with Crippen molar-refractivity contribution in [2.75, 3.05) is 19.7 Å². The Labute approximate surface area is 150 Å². The summed E-state index contributed by atoms with van der Waals surface area (Å²) in [5.74, 6) is 1.47. The summed E-state index contributed by atoms with van der Waals surface area (Å²) in [6, 6.07) is 6.73. The number of phenolic OH excluding ortho intramolecular Hbond substituents is 1. The third kappa shape index (κ3) is 3.03. The molecule has 1 aromatic heterocycles. The maximum atomic E-state index is 11.5. The molecular weight excluding hydrogens is 332 g/mol. The fourth-order valence-corrected chi connectivity index (χ4v) is 3.00. The molecule has 3 heterocycles. The van der Waals surface area contributed by atoms with E-state index in [0.29, 0.717) is 37.9 Å². The van der Waals surface area contributed by atoms with E-state index in [0.717, 1.165) is 16.8 Å². The van der Waals surface area contributed by atoms with Gasteiger partial charge in [0, 0.05) is 30.8 Å². The summed E-state index contributed by atoms with van der Waals surface area (Å²) in [4.78, 5) is 26.6. The van der Waals surface area contributed by atoms with Crippen molar-refractivity contribution in [1.82, 2.24) is 14.9 Å². The molecule has 2 aromatic rings. The maximum Gasteiger partial charge on any atom is 0.245 e. The second-order valence-electron chi connectivity index (χ2n) is 6.35. The van der Waals surface area contributed by atoms with E-state index in [2.05, 4.69) is 21.5 Å². The highest BCUT2D eigenvalue weighted by Crippen LogP contribution is 2.28. The highest BCUT2D eigenvalue weighted by molar-refractivity contribution is 5.88. The third-order valence-electron chi connectivity index (χ3n) is 4.48. The first-order valence-corrected chi connectivity index (χ1v) is 8.38. The average molecular weight is 350 g/mol. The predicted molar refractivity (Wildman–Crippen MR) is 96.2 cm³/mol. The number of hydrogen-bond acceptors (Lipinski definition) is 6. The molecule has 0 atom stereocenters. The number of carbonyl (C=O) groups is 1. The van der Waals surface area contributed by atoms with Crippen LogP contribution in [0.25, 0.3) is 11.4 Å². The van der Waals surface area contributed by atoms with Gasteiger partial charge in [0.05, 0.1) is 24.4 Å². The van der Waals surface area contributed by atoms with Crippen molar-refractivity contribution in [2.45, 2.75) is 6.54 Å².